The number of halogens is 1. The van der Waals surface area contributed by atoms with Crippen LogP contribution in [0.25, 0.3) is 0 Å². The van der Waals surface area contributed by atoms with Gasteiger partial charge in [0.25, 0.3) is 0 Å². The summed E-state index contributed by atoms with van der Waals surface area (Å²) in [6.45, 7) is 0.832. The number of benzene rings is 1. The molecule has 112 valence electrons. The number of piperidine rings is 1. The Bertz CT molecular complexity index is 542. The first-order chi connectivity index (χ1) is 9.49. The Balaban J connectivity index is 1.85. The van der Waals surface area contributed by atoms with Gasteiger partial charge in [0.05, 0.1) is 5.75 Å². The van der Waals surface area contributed by atoms with E-state index in [-0.39, 0.29) is 24.2 Å². The van der Waals surface area contributed by atoms with Gasteiger partial charge < -0.3 is 10.5 Å². The normalized spacial score (nSPS) is 18.1. The molecule has 2 N–H and O–H groups in total. The average molecular weight is 302 g/mol. The van der Waals surface area contributed by atoms with Gasteiger partial charge in [0.2, 0.25) is 10.0 Å². The SMILES string of the molecule is NC1CCN(S(=O)(=O)CCOc2ccccc2F)CC1. The molecule has 2 rings (SSSR count). The van der Waals surface area contributed by atoms with Gasteiger partial charge in [0, 0.05) is 19.1 Å². The standard InChI is InChI=1S/C13H19FN2O3S/c14-12-3-1-2-4-13(12)19-9-10-20(17,18)16-7-5-11(15)6-8-16/h1-4,11H,5-10,15H2. The summed E-state index contributed by atoms with van der Waals surface area (Å²) in [6, 6.07) is 6.02. The van der Waals surface area contributed by atoms with Crippen molar-refractivity contribution in [2.75, 3.05) is 25.4 Å². The fourth-order valence-electron chi connectivity index (χ4n) is 2.10. The van der Waals surface area contributed by atoms with Crippen molar-refractivity contribution in [2.24, 2.45) is 5.73 Å². The van der Waals surface area contributed by atoms with Crippen LogP contribution in [0.2, 0.25) is 0 Å². The summed E-state index contributed by atoms with van der Waals surface area (Å²) in [5.41, 5.74) is 5.75. The average Bonchev–Trinajstić information content (AvgIpc) is 2.41. The molecule has 1 saturated heterocycles. The van der Waals surface area contributed by atoms with Gasteiger partial charge in [0.1, 0.15) is 6.61 Å². The lowest BCUT2D eigenvalue weighted by molar-refractivity contribution is 0.302. The van der Waals surface area contributed by atoms with Gasteiger partial charge in [-0.1, -0.05) is 12.1 Å². The number of ether oxygens (including phenoxy) is 1. The molecule has 5 nitrogen and oxygen atoms in total. The van der Waals surface area contributed by atoms with E-state index in [2.05, 4.69) is 0 Å². The molecule has 1 aliphatic rings. The van der Waals surface area contributed by atoms with Crippen molar-refractivity contribution < 1.29 is 17.5 Å². The van der Waals surface area contributed by atoms with Crippen molar-refractivity contribution in [3.63, 3.8) is 0 Å². The smallest absolute Gasteiger partial charge is 0.217 e. The maximum Gasteiger partial charge on any atom is 0.217 e. The number of sulfonamides is 1. The maximum absolute atomic E-state index is 13.3. The van der Waals surface area contributed by atoms with E-state index in [1.807, 2.05) is 0 Å². The predicted molar refractivity (Wildman–Crippen MR) is 74.5 cm³/mol. The Morgan fingerprint density at radius 1 is 1.30 bits per heavy atom. The molecule has 0 atom stereocenters. The highest BCUT2D eigenvalue weighted by Crippen LogP contribution is 2.16. The van der Waals surface area contributed by atoms with Crippen LogP contribution in [0.4, 0.5) is 4.39 Å². The van der Waals surface area contributed by atoms with Gasteiger partial charge in [-0.15, -0.1) is 0 Å². The maximum atomic E-state index is 13.3. The van der Waals surface area contributed by atoms with Crippen molar-refractivity contribution in [1.29, 1.82) is 0 Å². The molecule has 0 radical (unpaired) electrons. The first-order valence-corrected chi connectivity index (χ1v) is 8.21. The van der Waals surface area contributed by atoms with E-state index in [4.69, 9.17) is 10.5 Å². The summed E-state index contributed by atoms with van der Waals surface area (Å²) in [4.78, 5) is 0. The molecule has 0 unspecified atom stereocenters. The molecule has 0 aromatic heterocycles. The zero-order valence-electron chi connectivity index (χ0n) is 11.2. The molecule has 1 aliphatic heterocycles. The summed E-state index contributed by atoms with van der Waals surface area (Å²) < 4.78 is 44.1. The highest BCUT2D eigenvalue weighted by molar-refractivity contribution is 7.89. The number of hydrogen-bond donors (Lipinski definition) is 1. The molecule has 1 heterocycles. The van der Waals surface area contributed by atoms with E-state index in [1.165, 1.54) is 16.4 Å². The number of para-hydroxylation sites is 1. The zero-order valence-corrected chi connectivity index (χ0v) is 12.0. The van der Waals surface area contributed by atoms with Crippen molar-refractivity contribution >= 4 is 10.0 Å². The molecular weight excluding hydrogens is 283 g/mol. The van der Waals surface area contributed by atoms with Crippen LogP contribution in [-0.4, -0.2) is 44.2 Å². The van der Waals surface area contributed by atoms with Crippen LogP contribution in [0, 0.1) is 5.82 Å². The fraction of sp³-hybridized carbons (Fsp3) is 0.538. The van der Waals surface area contributed by atoms with Crippen LogP contribution in [0.1, 0.15) is 12.8 Å². The summed E-state index contributed by atoms with van der Waals surface area (Å²) in [6.07, 6.45) is 1.35. The molecule has 1 aromatic carbocycles. The topological polar surface area (TPSA) is 72.6 Å². The van der Waals surface area contributed by atoms with Crippen molar-refractivity contribution in [1.82, 2.24) is 4.31 Å². The van der Waals surface area contributed by atoms with E-state index in [0.717, 1.165) is 0 Å². The van der Waals surface area contributed by atoms with Gasteiger partial charge in [-0.2, -0.15) is 0 Å². The predicted octanol–water partition coefficient (Wildman–Crippen LogP) is 0.957. The quantitative estimate of drug-likeness (QED) is 0.879. The zero-order chi connectivity index (χ0) is 14.6. The van der Waals surface area contributed by atoms with Crippen LogP contribution in [0.15, 0.2) is 24.3 Å². The van der Waals surface area contributed by atoms with E-state index in [1.54, 1.807) is 12.1 Å². The minimum atomic E-state index is -3.36. The molecule has 0 amide bonds. The van der Waals surface area contributed by atoms with Gasteiger partial charge >= 0.3 is 0 Å². The van der Waals surface area contributed by atoms with Crippen LogP contribution in [0.5, 0.6) is 5.75 Å². The lowest BCUT2D eigenvalue weighted by Crippen LogP contribution is -2.44. The first-order valence-electron chi connectivity index (χ1n) is 6.60. The summed E-state index contributed by atoms with van der Waals surface area (Å²) in [5, 5.41) is 0. The third-order valence-electron chi connectivity index (χ3n) is 3.33. The van der Waals surface area contributed by atoms with Gasteiger partial charge in [0.15, 0.2) is 11.6 Å². The lowest BCUT2D eigenvalue weighted by atomic mass is 10.1. The number of nitrogens with two attached hydrogens (primary N) is 1. The van der Waals surface area contributed by atoms with Gasteiger partial charge in [-0.05, 0) is 25.0 Å². The third-order valence-corrected chi connectivity index (χ3v) is 5.16. The molecule has 20 heavy (non-hydrogen) atoms. The lowest BCUT2D eigenvalue weighted by Gasteiger charge is -2.29. The summed E-state index contributed by atoms with van der Waals surface area (Å²) >= 11 is 0. The largest absolute Gasteiger partial charge is 0.489 e. The fourth-order valence-corrected chi connectivity index (χ4v) is 3.42. The monoisotopic (exact) mass is 302 g/mol. The van der Waals surface area contributed by atoms with Crippen molar-refractivity contribution in [3.8, 4) is 5.75 Å². The molecule has 7 heteroatoms. The number of hydrogen-bond acceptors (Lipinski definition) is 4. The Kier molecular flexibility index (Phi) is 4.95. The van der Waals surface area contributed by atoms with Crippen molar-refractivity contribution in [3.05, 3.63) is 30.1 Å². The molecule has 0 aliphatic carbocycles. The molecule has 0 saturated carbocycles. The van der Waals surface area contributed by atoms with Crippen LogP contribution in [0.3, 0.4) is 0 Å². The van der Waals surface area contributed by atoms with Crippen LogP contribution < -0.4 is 10.5 Å². The van der Waals surface area contributed by atoms with Crippen LogP contribution >= 0.6 is 0 Å². The Morgan fingerprint density at radius 2 is 1.95 bits per heavy atom. The van der Waals surface area contributed by atoms with E-state index >= 15 is 0 Å². The summed E-state index contributed by atoms with van der Waals surface area (Å²) in [7, 11) is -3.36. The highest BCUT2D eigenvalue weighted by Gasteiger charge is 2.26. The molecule has 1 aromatic rings. The van der Waals surface area contributed by atoms with Gasteiger partial charge in [-0.3, -0.25) is 0 Å². The second-order valence-electron chi connectivity index (χ2n) is 4.83. The van der Waals surface area contributed by atoms with E-state index in [0.29, 0.717) is 25.9 Å². The number of rotatable bonds is 5. The Morgan fingerprint density at radius 3 is 2.60 bits per heavy atom. The highest BCUT2D eigenvalue weighted by atomic mass is 32.2. The summed E-state index contributed by atoms with van der Waals surface area (Å²) in [5.74, 6) is -0.575. The molecular formula is C13H19FN2O3S. The minimum absolute atomic E-state index is 0.0637. The second kappa shape index (κ2) is 6.51. The second-order valence-corrected chi connectivity index (χ2v) is 6.92. The first kappa shape index (κ1) is 15.2. The van der Waals surface area contributed by atoms with Gasteiger partial charge in [-0.25, -0.2) is 17.1 Å². The minimum Gasteiger partial charge on any atom is -0.489 e. The van der Waals surface area contributed by atoms with E-state index < -0.39 is 15.8 Å². The molecule has 1 fully saturated rings. The van der Waals surface area contributed by atoms with Crippen LogP contribution in [-0.2, 0) is 10.0 Å². The third kappa shape index (κ3) is 3.91. The van der Waals surface area contributed by atoms with E-state index in [9.17, 15) is 12.8 Å². The number of nitrogens with zero attached hydrogens (tertiary/aromatic N) is 1. The molecule has 0 spiro atoms. The Labute approximate surface area is 118 Å². The Hall–Kier alpha value is -1.18. The van der Waals surface area contributed by atoms with Crippen molar-refractivity contribution in [2.45, 2.75) is 18.9 Å². The molecule has 0 bridgehead atoms.